The molecule has 2 aromatic heterocycles. The summed E-state index contributed by atoms with van der Waals surface area (Å²) in [5.74, 6) is 0.984. The van der Waals surface area contributed by atoms with Crippen LogP contribution in [-0.4, -0.2) is 33.7 Å². The van der Waals surface area contributed by atoms with Gasteiger partial charge in [0.1, 0.15) is 17.4 Å². The Bertz CT molecular complexity index is 984. The van der Waals surface area contributed by atoms with Crippen molar-refractivity contribution in [1.82, 2.24) is 15.0 Å². The van der Waals surface area contributed by atoms with Crippen LogP contribution in [0.4, 0.5) is 24.9 Å². The largest absolute Gasteiger partial charge is 0.405 e. The van der Waals surface area contributed by atoms with E-state index in [9.17, 15) is 13.2 Å². The number of aryl methyl sites for hydroxylation is 1. The van der Waals surface area contributed by atoms with Gasteiger partial charge in [0.25, 0.3) is 0 Å². The molecule has 3 aromatic rings. The van der Waals surface area contributed by atoms with E-state index in [-0.39, 0.29) is 12.0 Å². The molecule has 1 aromatic carbocycles. The number of hydrogen-bond donors (Lipinski definition) is 2. The molecule has 2 heterocycles. The smallest absolute Gasteiger partial charge is 0.366 e. The maximum absolute atomic E-state index is 12.6. The van der Waals surface area contributed by atoms with E-state index in [1.807, 2.05) is 24.3 Å². The summed E-state index contributed by atoms with van der Waals surface area (Å²) >= 11 is 1.53. The molecule has 1 saturated carbocycles. The van der Waals surface area contributed by atoms with Crippen LogP contribution < -0.4 is 10.6 Å². The van der Waals surface area contributed by atoms with E-state index in [0.717, 1.165) is 40.1 Å². The van der Waals surface area contributed by atoms with Crippen molar-refractivity contribution in [2.24, 2.45) is 5.92 Å². The number of aromatic nitrogens is 3. The lowest BCUT2D eigenvalue weighted by molar-refractivity contribution is -0.115. The first-order valence-electron chi connectivity index (χ1n) is 9.62. The summed E-state index contributed by atoms with van der Waals surface area (Å²) in [6.07, 6.45) is -1.08. The summed E-state index contributed by atoms with van der Waals surface area (Å²) in [5, 5.41) is 6.54. The van der Waals surface area contributed by atoms with Crippen molar-refractivity contribution in [3.05, 3.63) is 30.0 Å². The molecular formula is C20H22F3N5S. The van der Waals surface area contributed by atoms with Crippen molar-refractivity contribution in [2.45, 2.75) is 45.3 Å². The minimum Gasteiger partial charge on any atom is -0.366 e. The Hall–Kier alpha value is -2.42. The molecular weight excluding hydrogens is 399 g/mol. The molecule has 1 fully saturated rings. The molecule has 1 aliphatic rings. The first kappa shape index (κ1) is 19.9. The van der Waals surface area contributed by atoms with E-state index in [1.54, 1.807) is 6.92 Å². The van der Waals surface area contributed by atoms with Crippen LogP contribution in [0.25, 0.3) is 20.8 Å². The molecule has 154 valence electrons. The van der Waals surface area contributed by atoms with Crippen molar-refractivity contribution in [2.75, 3.05) is 17.2 Å². The Morgan fingerprint density at radius 1 is 1.14 bits per heavy atom. The third-order valence-corrected chi connectivity index (χ3v) is 6.28. The second-order valence-electron chi connectivity index (χ2n) is 7.47. The monoisotopic (exact) mass is 421 g/mol. The van der Waals surface area contributed by atoms with E-state index in [4.69, 9.17) is 4.98 Å². The first-order valence-corrected chi connectivity index (χ1v) is 10.4. The zero-order valence-electron chi connectivity index (χ0n) is 16.2. The average molecular weight is 421 g/mol. The summed E-state index contributed by atoms with van der Waals surface area (Å²) < 4.78 is 39.0. The number of thiazole rings is 1. The Kier molecular flexibility index (Phi) is 5.33. The highest BCUT2D eigenvalue weighted by molar-refractivity contribution is 7.21. The minimum absolute atomic E-state index is 0.0298. The van der Waals surface area contributed by atoms with Gasteiger partial charge in [0, 0.05) is 6.04 Å². The van der Waals surface area contributed by atoms with Crippen molar-refractivity contribution in [3.8, 4) is 10.6 Å². The van der Waals surface area contributed by atoms with Gasteiger partial charge in [-0.1, -0.05) is 25.5 Å². The average Bonchev–Trinajstić information content (AvgIpc) is 3.25. The highest BCUT2D eigenvalue weighted by Crippen LogP contribution is 2.38. The van der Waals surface area contributed by atoms with E-state index in [0.29, 0.717) is 17.4 Å². The minimum atomic E-state index is -4.34. The number of nitrogens with one attached hydrogen (secondary N) is 2. The van der Waals surface area contributed by atoms with Gasteiger partial charge >= 0.3 is 6.18 Å². The Morgan fingerprint density at radius 2 is 1.93 bits per heavy atom. The molecule has 29 heavy (non-hydrogen) atoms. The van der Waals surface area contributed by atoms with E-state index in [2.05, 4.69) is 27.5 Å². The quantitative estimate of drug-likeness (QED) is 0.559. The van der Waals surface area contributed by atoms with Gasteiger partial charge in [-0.15, -0.1) is 11.3 Å². The topological polar surface area (TPSA) is 62.7 Å². The first-order chi connectivity index (χ1) is 13.8. The normalized spacial score (nSPS) is 19.6. The molecule has 0 bridgehead atoms. The van der Waals surface area contributed by atoms with Gasteiger partial charge in [0.05, 0.1) is 21.5 Å². The second kappa shape index (κ2) is 7.78. The fraction of sp³-hybridized carbons (Fsp3) is 0.450. The van der Waals surface area contributed by atoms with Gasteiger partial charge in [-0.25, -0.2) is 9.97 Å². The Morgan fingerprint density at radius 3 is 2.62 bits per heavy atom. The lowest BCUT2D eigenvalue weighted by Crippen LogP contribution is -2.25. The van der Waals surface area contributed by atoms with Crippen LogP contribution in [0.5, 0.6) is 0 Å². The summed E-state index contributed by atoms with van der Waals surface area (Å²) in [5.41, 5.74) is 2.23. The maximum atomic E-state index is 12.6. The number of anilines is 2. The fourth-order valence-electron chi connectivity index (χ4n) is 3.71. The predicted molar refractivity (Wildman–Crippen MR) is 110 cm³/mol. The number of halogens is 3. The number of para-hydroxylation sites is 1. The number of rotatable bonds is 5. The number of fused-ring (bicyclic) bond motifs is 1. The lowest BCUT2D eigenvalue weighted by atomic mass is 10.1. The van der Waals surface area contributed by atoms with E-state index in [1.165, 1.54) is 11.3 Å². The van der Waals surface area contributed by atoms with Crippen LogP contribution in [0.1, 0.15) is 31.9 Å². The molecule has 0 saturated heterocycles. The highest BCUT2D eigenvalue weighted by atomic mass is 32.1. The number of nitrogens with zero attached hydrogens (tertiary/aromatic N) is 3. The van der Waals surface area contributed by atoms with Crippen molar-refractivity contribution in [1.29, 1.82) is 0 Å². The fourth-order valence-corrected chi connectivity index (χ4v) is 4.77. The van der Waals surface area contributed by atoms with Gasteiger partial charge in [0.15, 0.2) is 0 Å². The van der Waals surface area contributed by atoms with Gasteiger partial charge in [-0.3, -0.25) is 0 Å². The molecule has 9 heteroatoms. The van der Waals surface area contributed by atoms with Crippen LogP contribution >= 0.6 is 11.3 Å². The van der Waals surface area contributed by atoms with E-state index < -0.39 is 12.7 Å². The van der Waals surface area contributed by atoms with Crippen molar-refractivity contribution < 1.29 is 13.2 Å². The highest BCUT2D eigenvalue weighted by Gasteiger charge is 2.29. The van der Waals surface area contributed by atoms with Crippen LogP contribution in [0, 0.1) is 12.8 Å². The summed E-state index contributed by atoms with van der Waals surface area (Å²) in [6.45, 7) is 2.79. The molecule has 0 aliphatic heterocycles. The van der Waals surface area contributed by atoms with Crippen molar-refractivity contribution in [3.63, 3.8) is 0 Å². The van der Waals surface area contributed by atoms with Gasteiger partial charge in [0.2, 0.25) is 5.95 Å². The van der Waals surface area contributed by atoms with Gasteiger partial charge < -0.3 is 10.6 Å². The zero-order chi connectivity index (χ0) is 20.6. The molecule has 0 radical (unpaired) electrons. The van der Waals surface area contributed by atoms with Crippen LogP contribution in [0.2, 0.25) is 0 Å². The number of benzene rings is 1. The maximum Gasteiger partial charge on any atom is 0.405 e. The van der Waals surface area contributed by atoms with Crippen LogP contribution in [0.15, 0.2) is 24.3 Å². The Balaban J connectivity index is 1.75. The lowest BCUT2D eigenvalue weighted by Gasteiger charge is -2.21. The standard InChI is InChI=1S/C20H22F3N5S/c1-11-6-5-8-13(11)26-17-16(18-27-14-7-3-4-9-15(14)29-18)12(2)25-19(28-17)24-10-20(21,22)23/h3-4,7,9,11,13H,5-6,8,10H2,1-2H3,(H2,24,25,26,28)/t11-,13+/m0/s1. The van der Waals surface area contributed by atoms with Crippen LogP contribution in [0.3, 0.4) is 0 Å². The summed E-state index contributed by atoms with van der Waals surface area (Å²) in [6, 6.07) is 8.05. The molecule has 1 aliphatic carbocycles. The molecule has 5 nitrogen and oxygen atoms in total. The summed E-state index contributed by atoms with van der Waals surface area (Å²) in [7, 11) is 0. The van der Waals surface area contributed by atoms with Gasteiger partial charge in [-0.2, -0.15) is 18.2 Å². The summed E-state index contributed by atoms with van der Waals surface area (Å²) in [4.78, 5) is 13.4. The second-order valence-corrected chi connectivity index (χ2v) is 8.50. The molecule has 0 spiro atoms. The number of alkyl halides is 3. The Labute approximate surface area is 170 Å². The zero-order valence-corrected chi connectivity index (χ0v) is 17.0. The third-order valence-electron chi connectivity index (χ3n) is 5.23. The molecule has 4 rings (SSSR count). The predicted octanol–water partition coefficient (Wildman–Crippen LogP) is 5.64. The molecule has 0 unspecified atom stereocenters. The number of hydrogen-bond acceptors (Lipinski definition) is 6. The third kappa shape index (κ3) is 4.44. The SMILES string of the molecule is Cc1nc(NCC(F)(F)F)nc(N[C@@H]2CCC[C@@H]2C)c1-c1nc2ccccc2s1. The van der Waals surface area contributed by atoms with Crippen molar-refractivity contribution >= 4 is 33.3 Å². The molecule has 0 amide bonds. The van der Waals surface area contributed by atoms with Gasteiger partial charge in [-0.05, 0) is 37.8 Å². The van der Waals surface area contributed by atoms with E-state index >= 15 is 0 Å². The molecule has 2 N–H and O–H groups in total. The van der Waals surface area contributed by atoms with Crippen LogP contribution in [-0.2, 0) is 0 Å². The molecule has 2 atom stereocenters.